The van der Waals surface area contributed by atoms with Crippen LogP contribution in [0.4, 0.5) is 0 Å². The second-order valence-corrected chi connectivity index (χ2v) is 7.92. The molecule has 0 saturated carbocycles. The van der Waals surface area contributed by atoms with Crippen molar-refractivity contribution in [3.05, 3.63) is 53.1 Å². The zero-order valence-electron chi connectivity index (χ0n) is 16.0. The van der Waals surface area contributed by atoms with Crippen molar-refractivity contribution in [2.24, 2.45) is 0 Å². The smallest absolute Gasteiger partial charge is 0.324 e. The molecule has 0 aliphatic carbocycles. The lowest BCUT2D eigenvalue weighted by Gasteiger charge is -2.22. The summed E-state index contributed by atoms with van der Waals surface area (Å²) in [5.41, 5.74) is 1.75. The van der Waals surface area contributed by atoms with E-state index in [-0.39, 0.29) is 16.2 Å². The molecule has 3 N–H and O–H groups in total. The van der Waals surface area contributed by atoms with Crippen LogP contribution in [0.15, 0.2) is 41.3 Å². The summed E-state index contributed by atoms with van der Waals surface area (Å²) >= 11 is 0. The van der Waals surface area contributed by atoms with Crippen LogP contribution in [0.25, 0.3) is 0 Å². The third-order valence-electron chi connectivity index (χ3n) is 4.39. The summed E-state index contributed by atoms with van der Waals surface area (Å²) in [7, 11) is -1.50. The Morgan fingerprint density at radius 2 is 1.61 bits per heavy atom. The molecule has 9 heteroatoms. The highest BCUT2D eigenvalue weighted by Crippen LogP contribution is 2.29. The zero-order valence-corrected chi connectivity index (χ0v) is 16.8. The largest absolute Gasteiger partial charge is 0.497 e. The molecule has 28 heavy (non-hydrogen) atoms. The van der Waals surface area contributed by atoms with Crippen LogP contribution in [-0.4, -0.2) is 44.9 Å². The van der Waals surface area contributed by atoms with Crippen LogP contribution in [0.3, 0.4) is 0 Å². The van der Waals surface area contributed by atoms with Crippen molar-refractivity contribution in [1.29, 1.82) is 0 Å². The van der Waals surface area contributed by atoms with Crippen molar-refractivity contribution in [1.82, 2.24) is 4.72 Å². The number of methoxy groups -OCH3 is 2. The summed E-state index contributed by atoms with van der Waals surface area (Å²) in [4.78, 5) is 11.5. The van der Waals surface area contributed by atoms with Crippen LogP contribution in [0.1, 0.15) is 22.8 Å². The second kappa shape index (κ2) is 8.59. The van der Waals surface area contributed by atoms with Gasteiger partial charge in [0.2, 0.25) is 10.0 Å². The van der Waals surface area contributed by atoms with E-state index in [0.29, 0.717) is 11.3 Å². The van der Waals surface area contributed by atoms with Gasteiger partial charge < -0.3 is 19.7 Å². The van der Waals surface area contributed by atoms with Crippen LogP contribution in [0.5, 0.6) is 11.5 Å². The van der Waals surface area contributed by atoms with Gasteiger partial charge in [-0.05, 0) is 54.8 Å². The van der Waals surface area contributed by atoms with Gasteiger partial charge in [0.1, 0.15) is 28.5 Å². The van der Waals surface area contributed by atoms with E-state index in [9.17, 15) is 23.4 Å². The van der Waals surface area contributed by atoms with E-state index < -0.39 is 28.1 Å². The summed E-state index contributed by atoms with van der Waals surface area (Å²) in [6, 6.07) is 7.16. The molecule has 2 aromatic carbocycles. The van der Waals surface area contributed by atoms with Crippen LogP contribution >= 0.6 is 0 Å². The SMILES string of the molecule is COc1ccc(C(O)C(NS(=O)(=O)c2cc(C)c(C)cc2OC)C(=O)O)cc1. The molecule has 2 atom stereocenters. The molecule has 0 aliphatic rings. The topological polar surface area (TPSA) is 122 Å². The predicted molar refractivity (Wildman–Crippen MR) is 102 cm³/mol. The molecule has 8 nitrogen and oxygen atoms in total. The first kappa shape index (κ1) is 21.7. The normalized spacial score (nSPS) is 13.6. The number of sulfonamides is 1. The molecule has 0 radical (unpaired) electrons. The predicted octanol–water partition coefficient (Wildman–Crippen LogP) is 1.79. The van der Waals surface area contributed by atoms with Crippen molar-refractivity contribution in [2.45, 2.75) is 30.9 Å². The quantitative estimate of drug-likeness (QED) is 0.607. The van der Waals surface area contributed by atoms with Gasteiger partial charge in [-0.3, -0.25) is 4.79 Å². The molecule has 2 unspecified atom stereocenters. The lowest BCUT2D eigenvalue weighted by Crippen LogP contribution is -2.45. The molecule has 0 spiro atoms. The van der Waals surface area contributed by atoms with E-state index in [1.165, 1.54) is 32.4 Å². The Morgan fingerprint density at radius 3 is 2.11 bits per heavy atom. The van der Waals surface area contributed by atoms with E-state index in [1.807, 2.05) is 0 Å². The van der Waals surface area contributed by atoms with Gasteiger partial charge in [0.05, 0.1) is 14.2 Å². The number of nitrogens with one attached hydrogen (secondary N) is 1. The molecule has 0 amide bonds. The molecule has 0 saturated heterocycles. The Balaban J connectivity index is 2.40. The fourth-order valence-electron chi connectivity index (χ4n) is 2.61. The number of aryl methyl sites for hydroxylation is 2. The van der Waals surface area contributed by atoms with Gasteiger partial charge in [-0.2, -0.15) is 4.72 Å². The fourth-order valence-corrected chi connectivity index (χ4v) is 4.04. The van der Waals surface area contributed by atoms with Gasteiger partial charge >= 0.3 is 5.97 Å². The highest BCUT2D eigenvalue weighted by molar-refractivity contribution is 7.89. The Bertz CT molecular complexity index is 955. The lowest BCUT2D eigenvalue weighted by molar-refractivity contribution is -0.141. The summed E-state index contributed by atoms with van der Waals surface area (Å²) in [6.07, 6.45) is -1.62. The maximum Gasteiger partial charge on any atom is 0.324 e. The van der Waals surface area contributed by atoms with Crippen LogP contribution in [0.2, 0.25) is 0 Å². The molecule has 0 fully saturated rings. The van der Waals surface area contributed by atoms with Crippen molar-refractivity contribution in [3.8, 4) is 11.5 Å². The molecule has 0 bridgehead atoms. The first-order chi connectivity index (χ1) is 13.1. The van der Waals surface area contributed by atoms with Gasteiger partial charge in [-0.15, -0.1) is 0 Å². The number of benzene rings is 2. The molecule has 2 aromatic rings. The summed E-state index contributed by atoms with van der Waals surface area (Å²) < 4.78 is 37.9. The molecule has 152 valence electrons. The fraction of sp³-hybridized carbons (Fsp3) is 0.316. The highest BCUT2D eigenvalue weighted by atomic mass is 32.2. The Kier molecular flexibility index (Phi) is 6.65. The number of carbonyl (C=O) groups is 1. The number of carboxylic acids is 1. The van der Waals surface area contributed by atoms with Gasteiger partial charge in [0, 0.05) is 0 Å². The van der Waals surface area contributed by atoms with Gasteiger partial charge in [-0.25, -0.2) is 8.42 Å². The standard InChI is InChI=1S/C19H23NO7S/c1-11-9-15(27-4)16(10-12(11)2)28(24,25)20-17(19(22)23)18(21)13-5-7-14(26-3)8-6-13/h5-10,17-18,20-21H,1-4H3,(H,22,23). The van der Waals surface area contributed by atoms with E-state index in [1.54, 1.807) is 32.0 Å². The van der Waals surface area contributed by atoms with E-state index in [0.717, 1.165) is 5.56 Å². The van der Waals surface area contributed by atoms with Crippen LogP contribution in [-0.2, 0) is 14.8 Å². The monoisotopic (exact) mass is 409 g/mol. The number of rotatable bonds is 8. The molecule has 0 aliphatic heterocycles. The third-order valence-corrected chi connectivity index (χ3v) is 5.85. The Labute approximate surface area is 163 Å². The summed E-state index contributed by atoms with van der Waals surface area (Å²) in [5.74, 6) is -0.920. The molecular formula is C19H23NO7S. The first-order valence-electron chi connectivity index (χ1n) is 8.33. The zero-order chi connectivity index (χ0) is 21.1. The van der Waals surface area contributed by atoms with Gasteiger partial charge in [-0.1, -0.05) is 12.1 Å². The minimum atomic E-state index is -4.29. The number of aliphatic carboxylic acids is 1. The van der Waals surface area contributed by atoms with Crippen molar-refractivity contribution >= 4 is 16.0 Å². The highest BCUT2D eigenvalue weighted by Gasteiger charge is 2.34. The second-order valence-electron chi connectivity index (χ2n) is 6.24. The number of aliphatic hydroxyl groups excluding tert-OH is 1. The maximum absolute atomic E-state index is 12.8. The first-order valence-corrected chi connectivity index (χ1v) is 9.81. The molecular weight excluding hydrogens is 386 g/mol. The van der Waals surface area contributed by atoms with Gasteiger partial charge in [0.15, 0.2) is 0 Å². The number of ether oxygens (including phenoxy) is 2. The average molecular weight is 409 g/mol. The Morgan fingerprint density at radius 1 is 1.04 bits per heavy atom. The van der Waals surface area contributed by atoms with Crippen molar-refractivity contribution < 1.29 is 32.9 Å². The number of hydrogen-bond donors (Lipinski definition) is 3. The van der Waals surface area contributed by atoms with E-state index >= 15 is 0 Å². The number of aliphatic hydroxyl groups is 1. The van der Waals surface area contributed by atoms with E-state index in [2.05, 4.69) is 4.72 Å². The molecule has 0 heterocycles. The Hall–Kier alpha value is -2.62. The minimum Gasteiger partial charge on any atom is -0.497 e. The molecule has 2 rings (SSSR count). The van der Waals surface area contributed by atoms with Crippen molar-refractivity contribution in [3.63, 3.8) is 0 Å². The van der Waals surface area contributed by atoms with Gasteiger partial charge in [0.25, 0.3) is 0 Å². The number of carboxylic acid groups (broad SMARTS) is 1. The van der Waals surface area contributed by atoms with Crippen LogP contribution in [0, 0.1) is 13.8 Å². The summed E-state index contributed by atoms with van der Waals surface area (Å²) in [6.45, 7) is 3.53. The third kappa shape index (κ3) is 4.61. The van der Waals surface area contributed by atoms with Crippen molar-refractivity contribution in [2.75, 3.05) is 14.2 Å². The average Bonchev–Trinajstić information content (AvgIpc) is 2.67. The lowest BCUT2D eigenvalue weighted by atomic mass is 10.0. The minimum absolute atomic E-state index is 0.0821. The molecule has 0 aromatic heterocycles. The van der Waals surface area contributed by atoms with E-state index in [4.69, 9.17) is 9.47 Å². The number of hydrogen-bond acceptors (Lipinski definition) is 6. The summed E-state index contributed by atoms with van der Waals surface area (Å²) in [5, 5.41) is 20.0. The van der Waals surface area contributed by atoms with Crippen LogP contribution < -0.4 is 14.2 Å². The maximum atomic E-state index is 12.8.